The third-order valence-electron chi connectivity index (χ3n) is 3.52. The zero-order valence-corrected chi connectivity index (χ0v) is 11.0. The van der Waals surface area contributed by atoms with Gasteiger partial charge in [-0.3, -0.25) is 9.59 Å². The number of carbonyl (C=O) groups excluding carboxylic acids is 1. The Hall–Kier alpha value is -2.11. The Kier molecular flexibility index (Phi) is 4.22. The summed E-state index contributed by atoms with van der Waals surface area (Å²) in [4.78, 5) is 24.6. The predicted molar refractivity (Wildman–Crippen MR) is 71.7 cm³/mol. The van der Waals surface area contributed by atoms with Gasteiger partial charge in [-0.15, -0.1) is 0 Å². The van der Waals surface area contributed by atoms with E-state index >= 15 is 0 Å². The van der Waals surface area contributed by atoms with Gasteiger partial charge in [-0.25, -0.2) is 4.39 Å². The van der Waals surface area contributed by atoms with E-state index in [-0.39, 0.29) is 29.5 Å². The highest BCUT2D eigenvalue weighted by Gasteiger charge is 2.27. The molecule has 1 aromatic carbocycles. The molecule has 0 spiro atoms. The van der Waals surface area contributed by atoms with Crippen molar-refractivity contribution in [2.24, 2.45) is 5.92 Å². The largest absolute Gasteiger partial charge is 0.481 e. The third-order valence-corrected chi connectivity index (χ3v) is 3.52. The minimum absolute atomic E-state index is 0.0441. The maximum atomic E-state index is 13.2. The van der Waals surface area contributed by atoms with Crippen molar-refractivity contribution in [1.29, 1.82) is 0 Å². The fraction of sp³-hybridized carbons (Fsp3) is 0.429. The molecule has 1 unspecified atom stereocenters. The lowest BCUT2D eigenvalue weighted by Gasteiger charge is -2.32. The fourth-order valence-corrected chi connectivity index (χ4v) is 2.55. The number of benzene rings is 1. The van der Waals surface area contributed by atoms with Crippen LogP contribution >= 0.6 is 0 Å². The van der Waals surface area contributed by atoms with Gasteiger partial charge in [-0.1, -0.05) is 0 Å². The van der Waals surface area contributed by atoms with Gasteiger partial charge in [0.25, 0.3) is 5.91 Å². The second-order valence-corrected chi connectivity index (χ2v) is 5.09. The molecule has 0 bridgehead atoms. The number of carboxylic acid groups (broad SMARTS) is 1. The number of hydrogen-bond donors (Lipinski definition) is 2. The van der Waals surface area contributed by atoms with Crippen molar-refractivity contribution in [3.05, 3.63) is 29.6 Å². The van der Waals surface area contributed by atoms with E-state index < -0.39 is 11.8 Å². The molecule has 5 nitrogen and oxygen atoms in total. The Morgan fingerprint density at radius 2 is 2.20 bits per heavy atom. The number of carboxylic acids is 1. The second kappa shape index (κ2) is 5.90. The Morgan fingerprint density at radius 3 is 2.90 bits per heavy atom. The summed E-state index contributed by atoms with van der Waals surface area (Å²) in [5, 5.41) is 8.82. The molecule has 1 aliphatic rings. The summed E-state index contributed by atoms with van der Waals surface area (Å²) in [6.45, 7) is 0.923. The molecule has 1 fully saturated rings. The van der Waals surface area contributed by atoms with Crippen LogP contribution in [0.4, 0.5) is 10.1 Å². The van der Waals surface area contributed by atoms with Crippen LogP contribution in [0.25, 0.3) is 0 Å². The lowest BCUT2D eigenvalue weighted by atomic mass is 9.94. The molecule has 0 aromatic heterocycles. The summed E-state index contributed by atoms with van der Waals surface area (Å²) in [6.07, 6.45) is 1.58. The van der Waals surface area contributed by atoms with E-state index in [0.717, 1.165) is 18.9 Å². The van der Waals surface area contributed by atoms with Crippen molar-refractivity contribution in [2.75, 3.05) is 18.8 Å². The number of aliphatic carboxylic acids is 1. The average molecular weight is 280 g/mol. The van der Waals surface area contributed by atoms with Gasteiger partial charge in [0.05, 0.1) is 5.56 Å². The molecule has 20 heavy (non-hydrogen) atoms. The Morgan fingerprint density at radius 1 is 1.45 bits per heavy atom. The van der Waals surface area contributed by atoms with Gasteiger partial charge in [0, 0.05) is 25.2 Å². The summed E-state index contributed by atoms with van der Waals surface area (Å²) >= 11 is 0. The van der Waals surface area contributed by atoms with Gasteiger partial charge in [0.2, 0.25) is 0 Å². The molecule has 0 radical (unpaired) electrons. The predicted octanol–water partition coefficient (Wildman–Crippen LogP) is 1.73. The molecular formula is C14H17FN2O3. The lowest BCUT2D eigenvalue weighted by Crippen LogP contribution is -2.40. The van der Waals surface area contributed by atoms with Crippen molar-refractivity contribution in [2.45, 2.75) is 19.3 Å². The molecule has 108 valence electrons. The van der Waals surface area contributed by atoms with Crippen LogP contribution in [-0.4, -0.2) is 35.0 Å². The van der Waals surface area contributed by atoms with E-state index in [1.54, 1.807) is 4.90 Å². The van der Waals surface area contributed by atoms with Crippen LogP contribution in [0, 0.1) is 11.7 Å². The van der Waals surface area contributed by atoms with Gasteiger partial charge >= 0.3 is 5.97 Å². The molecule has 1 amide bonds. The molecule has 1 atom stereocenters. The molecule has 1 aliphatic heterocycles. The maximum absolute atomic E-state index is 13.2. The van der Waals surface area contributed by atoms with E-state index in [4.69, 9.17) is 10.8 Å². The third kappa shape index (κ3) is 3.26. The first-order valence-corrected chi connectivity index (χ1v) is 6.53. The van der Waals surface area contributed by atoms with Gasteiger partial charge in [0.15, 0.2) is 0 Å². The van der Waals surface area contributed by atoms with Crippen LogP contribution in [-0.2, 0) is 4.79 Å². The van der Waals surface area contributed by atoms with Crippen molar-refractivity contribution >= 4 is 17.6 Å². The number of anilines is 1. The standard InChI is InChI=1S/C14H17FN2O3/c15-10-3-4-12(16)11(7-10)14(20)17-5-1-2-9(8-17)6-13(18)19/h3-4,7,9H,1-2,5-6,8,16H2,(H,18,19). The first-order valence-electron chi connectivity index (χ1n) is 6.53. The van der Waals surface area contributed by atoms with Crippen molar-refractivity contribution in [3.8, 4) is 0 Å². The van der Waals surface area contributed by atoms with Gasteiger partial charge < -0.3 is 15.7 Å². The van der Waals surface area contributed by atoms with Crippen LogP contribution in [0.3, 0.4) is 0 Å². The number of hydrogen-bond acceptors (Lipinski definition) is 3. The van der Waals surface area contributed by atoms with Crippen LogP contribution in [0.15, 0.2) is 18.2 Å². The van der Waals surface area contributed by atoms with Crippen LogP contribution in [0.5, 0.6) is 0 Å². The van der Waals surface area contributed by atoms with Crippen LogP contribution < -0.4 is 5.73 Å². The summed E-state index contributed by atoms with van der Waals surface area (Å²) < 4.78 is 13.2. The maximum Gasteiger partial charge on any atom is 0.303 e. The molecule has 1 aromatic rings. The number of likely N-dealkylation sites (tertiary alicyclic amines) is 1. The van der Waals surface area contributed by atoms with E-state index in [1.807, 2.05) is 0 Å². The molecular weight excluding hydrogens is 263 g/mol. The number of carbonyl (C=O) groups is 2. The zero-order valence-electron chi connectivity index (χ0n) is 11.0. The van der Waals surface area contributed by atoms with E-state index in [0.29, 0.717) is 13.1 Å². The molecule has 1 saturated heterocycles. The second-order valence-electron chi connectivity index (χ2n) is 5.09. The Bertz CT molecular complexity index is 533. The minimum Gasteiger partial charge on any atom is -0.481 e. The highest BCUT2D eigenvalue weighted by molar-refractivity contribution is 5.99. The first-order chi connectivity index (χ1) is 9.47. The van der Waals surface area contributed by atoms with Crippen LogP contribution in [0.2, 0.25) is 0 Å². The SMILES string of the molecule is Nc1ccc(F)cc1C(=O)N1CCCC(CC(=O)O)C1. The number of amides is 1. The highest BCUT2D eigenvalue weighted by atomic mass is 19.1. The number of halogens is 1. The van der Waals surface area contributed by atoms with Crippen LogP contribution in [0.1, 0.15) is 29.6 Å². The molecule has 2 rings (SSSR count). The number of nitrogen functional groups attached to an aromatic ring is 1. The summed E-state index contributed by atoms with van der Waals surface area (Å²) in [5.74, 6) is -1.77. The smallest absolute Gasteiger partial charge is 0.303 e. The summed E-state index contributed by atoms with van der Waals surface area (Å²) in [5.41, 5.74) is 6.08. The molecule has 0 aliphatic carbocycles. The van der Waals surface area contributed by atoms with Crippen molar-refractivity contribution < 1.29 is 19.1 Å². The zero-order chi connectivity index (χ0) is 14.7. The Labute approximate surface area is 116 Å². The average Bonchev–Trinajstić information content (AvgIpc) is 2.40. The summed E-state index contributed by atoms with van der Waals surface area (Å²) in [6, 6.07) is 3.69. The number of rotatable bonds is 3. The topological polar surface area (TPSA) is 83.6 Å². The quantitative estimate of drug-likeness (QED) is 0.826. The number of piperidine rings is 1. The van der Waals surface area contributed by atoms with Crippen molar-refractivity contribution in [1.82, 2.24) is 4.90 Å². The van der Waals surface area contributed by atoms with Gasteiger partial charge in [-0.05, 0) is 37.0 Å². The highest BCUT2D eigenvalue weighted by Crippen LogP contribution is 2.23. The fourth-order valence-electron chi connectivity index (χ4n) is 2.55. The van der Waals surface area contributed by atoms with E-state index in [2.05, 4.69) is 0 Å². The van der Waals surface area contributed by atoms with Gasteiger partial charge in [-0.2, -0.15) is 0 Å². The van der Waals surface area contributed by atoms with E-state index in [1.165, 1.54) is 12.1 Å². The number of nitrogens with two attached hydrogens (primary N) is 1. The molecule has 6 heteroatoms. The van der Waals surface area contributed by atoms with Crippen molar-refractivity contribution in [3.63, 3.8) is 0 Å². The molecule has 3 N–H and O–H groups in total. The summed E-state index contributed by atoms with van der Waals surface area (Å²) in [7, 11) is 0. The lowest BCUT2D eigenvalue weighted by molar-refractivity contribution is -0.138. The monoisotopic (exact) mass is 280 g/mol. The first kappa shape index (κ1) is 14.3. The molecule has 0 saturated carbocycles. The molecule has 1 heterocycles. The normalized spacial score (nSPS) is 18.9. The Balaban J connectivity index is 2.12. The number of nitrogens with zero attached hydrogens (tertiary/aromatic N) is 1. The minimum atomic E-state index is -0.866. The van der Waals surface area contributed by atoms with Gasteiger partial charge in [0.1, 0.15) is 5.82 Å². The van der Waals surface area contributed by atoms with E-state index in [9.17, 15) is 14.0 Å².